The Balaban J connectivity index is 2.13. The third-order valence-corrected chi connectivity index (χ3v) is 5.47. The fourth-order valence-electron chi connectivity index (χ4n) is 4.70. The Hall–Kier alpha value is -1.02. The standard InChI is InChI=1S/C16H23NO/c1-4-13-10(3)17-9-15-12-7-6-11(18)8-14(12)16(13,15)5-2/h6-8,10,13,15,17-18H,4-5,9H2,1-3H3. The maximum absolute atomic E-state index is 9.78. The number of fused-ring (bicyclic) bond motifs is 4. The predicted octanol–water partition coefficient (Wildman–Crippen LogP) is 3.16. The second kappa shape index (κ2) is 3.99. The minimum atomic E-state index is 0.299. The van der Waals surface area contributed by atoms with E-state index in [-0.39, 0.29) is 0 Å². The SMILES string of the molecule is CCC1C(C)NCC2c3ccc(O)cc3C21CC. The lowest BCUT2D eigenvalue weighted by atomic mass is 9.46. The summed E-state index contributed by atoms with van der Waals surface area (Å²) in [5.41, 5.74) is 3.16. The average Bonchev–Trinajstić information content (AvgIpc) is 2.36. The van der Waals surface area contributed by atoms with Crippen LogP contribution in [-0.2, 0) is 5.41 Å². The maximum atomic E-state index is 9.78. The van der Waals surface area contributed by atoms with Crippen molar-refractivity contribution in [3.8, 4) is 5.75 Å². The first-order chi connectivity index (χ1) is 8.65. The van der Waals surface area contributed by atoms with Crippen molar-refractivity contribution < 1.29 is 5.11 Å². The molecule has 4 atom stereocenters. The van der Waals surface area contributed by atoms with Gasteiger partial charge in [0.15, 0.2) is 0 Å². The zero-order valence-corrected chi connectivity index (χ0v) is 11.5. The number of aromatic hydroxyl groups is 1. The number of hydrogen-bond acceptors (Lipinski definition) is 2. The Kier molecular flexibility index (Phi) is 2.67. The highest BCUT2D eigenvalue weighted by Crippen LogP contribution is 2.61. The first-order valence-electron chi connectivity index (χ1n) is 7.21. The van der Waals surface area contributed by atoms with E-state index in [2.05, 4.69) is 32.2 Å². The molecule has 1 heterocycles. The lowest BCUT2D eigenvalue weighted by molar-refractivity contribution is 0.0859. The Morgan fingerprint density at radius 1 is 1.39 bits per heavy atom. The van der Waals surface area contributed by atoms with Gasteiger partial charge in [-0.05, 0) is 42.5 Å². The summed E-state index contributed by atoms with van der Waals surface area (Å²) in [6.07, 6.45) is 2.38. The van der Waals surface area contributed by atoms with Gasteiger partial charge in [0.25, 0.3) is 0 Å². The molecule has 1 saturated heterocycles. The lowest BCUT2D eigenvalue weighted by Crippen LogP contribution is -2.62. The van der Waals surface area contributed by atoms with E-state index in [1.807, 2.05) is 12.1 Å². The van der Waals surface area contributed by atoms with Crippen LogP contribution in [0.15, 0.2) is 18.2 Å². The van der Waals surface area contributed by atoms with Crippen molar-refractivity contribution in [2.75, 3.05) is 6.54 Å². The quantitative estimate of drug-likeness (QED) is 0.839. The fraction of sp³-hybridized carbons (Fsp3) is 0.625. The van der Waals surface area contributed by atoms with Gasteiger partial charge in [-0.3, -0.25) is 0 Å². The first kappa shape index (κ1) is 12.0. The molecule has 18 heavy (non-hydrogen) atoms. The van der Waals surface area contributed by atoms with E-state index < -0.39 is 0 Å². The molecule has 0 spiro atoms. The van der Waals surface area contributed by atoms with E-state index >= 15 is 0 Å². The van der Waals surface area contributed by atoms with Crippen molar-refractivity contribution >= 4 is 0 Å². The van der Waals surface area contributed by atoms with Crippen LogP contribution in [0.5, 0.6) is 5.75 Å². The zero-order valence-electron chi connectivity index (χ0n) is 11.5. The van der Waals surface area contributed by atoms with Crippen LogP contribution in [0.4, 0.5) is 0 Å². The molecule has 4 unspecified atom stereocenters. The molecule has 2 N–H and O–H groups in total. The van der Waals surface area contributed by atoms with Gasteiger partial charge >= 0.3 is 0 Å². The van der Waals surface area contributed by atoms with E-state index in [0.29, 0.717) is 29.0 Å². The summed E-state index contributed by atoms with van der Waals surface area (Å²) in [7, 11) is 0. The van der Waals surface area contributed by atoms with Gasteiger partial charge < -0.3 is 10.4 Å². The van der Waals surface area contributed by atoms with Gasteiger partial charge in [-0.15, -0.1) is 0 Å². The molecular formula is C16H23NO. The Morgan fingerprint density at radius 2 is 2.17 bits per heavy atom. The number of piperidine rings is 1. The van der Waals surface area contributed by atoms with E-state index in [1.165, 1.54) is 24.0 Å². The molecule has 0 saturated carbocycles. The van der Waals surface area contributed by atoms with Crippen LogP contribution < -0.4 is 5.32 Å². The molecule has 0 aromatic heterocycles. The number of hydrogen-bond donors (Lipinski definition) is 2. The monoisotopic (exact) mass is 245 g/mol. The smallest absolute Gasteiger partial charge is 0.115 e. The lowest BCUT2D eigenvalue weighted by Gasteiger charge is -2.60. The summed E-state index contributed by atoms with van der Waals surface area (Å²) in [4.78, 5) is 0. The van der Waals surface area contributed by atoms with Gasteiger partial charge in [0.1, 0.15) is 5.75 Å². The minimum Gasteiger partial charge on any atom is -0.508 e. The number of benzene rings is 1. The molecule has 2 nitrogen and oxygen atoms in total. The highest BCUT2D eigenvalue weighted by molar-refractivity contribution is 5.55. The summed E-state index contributed by atoms with van der Waals surface area (Å²) in [6.45, 7) is 8.00. The number of phenols is 1. The minimum absolute atomic E-state index is 0.299. The third kappa shape index (κ3) is 1.27. The maximum Gasteiger partial charge on any atom is 0.115 e. The predicted molar refractivity (Wildman–Crippen MR) is 74.1 cm³/mol. The van der Waals surface area contributed by atoms with Crippen molar-refractivity contribution in [3.05, 3.63) is 29.3 Å². The van der Waals surface area contributed by atoms with Crippen LogP contribution in [0.3, 0.4) is 0 Å². The summed E-state index contributed by atoms with van der Waals surface area (Å²) in [5, 5.41) is 13.4. The van der Waals surface area contributed by atoms with Crippen LogP contribution >= 0.6 is 0 Å². The highest BCUT2D eigenvalue weighted by atomic mass is 16.3. The molecule has 2 heteroatoms. The molecule has 0 radical (unpaired) electrons. The Morgan fingerprint density at radius 3 is 2.83 bits per heavy atom. The van der Waals surface area contributed by atoms with Crippen molar-refractivity contribution in [2.45, 2.75) is 51.0 Å². The second-order valence-electron chi connectivity index (χ2n) is 5.93. The molecule has 0 bridgehead atoms. The molecule has 98 valence electrons. The summed E-state index contributed by atoms with van der Waals surface area (Å²) >= 11 is 0. The summed E-state index contributed by atoms with van der Waals surface area (Å²) in [5.74, 6) is 1.73. The van der Waals surface area contributed by atoms with E-state index in [9.17, 15) is 5.11 Å². The van der Waals surface area contributed by atoms with Gasteiger partial charge in [-0.2, -0.15) is 0 Å². The van der Waals surface area contributed by atoms with Gasteiger partial charge in [-0.25, -0.2) is 0 Å². The van der Waals surface area contributed by atoms with Gasteiger partial charge in [0, 0.05) is 23.9 Å². The van der Waals surface area contributed by atoms with E-state index in [0.717, 1.165) is 6.54 Å². The highest BCUT2D eigenvalue weighted by Gasteiger charge is 2.57. The van der Waals surface area contributed by atoms with Gasteiger partial charge in [0.05, 0.1) is 0 Å². The van der Waals surface area contributed by atoms with Crippen LogP contribution in [0.25, 0.3) is 0 Å². The topological polar surface area (TPSA) is 32.3 Å². The van der Waals surface area contributed by atoms with Crippen molar-refractivity contribution in [3.63, 3.8) is 0 Å². The number of phenolic OH excluding ortho intramolecular Hbond substituents is 1. The van der Waals surface area contributed by atoms with Crippen LogP contribution in [0.1, 0.15) is 50.7 Å². The fourth-order valence-corrected chi connectivity index (χ4v) is 4.70. The van der Waals surface area contributed by atoms with Crippen LogP contribution in [0.2, 0.25) is 0 Å². The molecule has 2 aliphatic rings. The van der Waals surface area contributed by atoms with Crippen molar-refractivity contribution in [1.82, 2.24) is 5.32 Å². The normalized spacial score (nSPS) is 37.6. The molecule has 1 aromatic carbocycles. The summed E-state index contributed by atoms with van der Waals surface area (Å²) in [6, 6.07) is 6.53. The first-order valence-corrected chi connectivity index (χ1v) is 7.21. The van der Waals surface area contributed by atoms with Crippen molar-refractivity contribution in [1.29, 1.82) is 0 Å². The molecule has 1 fully saturated rings. The molecule has 1 aliphatic carbocycles. The zero-order chi connectivity index (χ0) is 12.9. The molecule has 3 rings (SSSR count). The molecular weight excluding hydrogens is 222 g/mol. The number of rotatable bonds is 2. The molecule has 1 aromatic rings. The van der Waals surface area contributed by atoms with Crippen molar-refractivity contribution in [2.24, 2.45) is 5.92 Å². The average molecular weight is 245 g/mol. The van der Waals surface area contributed by atoms with E-state index in [1.54, 1.807) is 0 Å². The van der Waals surface area contributed by atoms with Gasteiger partial charge in [-0.1, -0.05) is 26.3 Å². The molecule has 0 amide bonds. The van der Waals surface area contributed by atoms with Crippen LogP contribution in [0, 0.1) is 5.92 Å². The molecule has 1 aliphatic heterocycles. The van der Waals surface area contributed by atoms with Crippen LogP contribution in [-0.4, -0.2) is 17.7 Å². The Bertz CT molecular complexity index is 470. The van der Waals surface area contributed by atoms with Gasteiger partial charge in [0.2, 0.25) is 0 Å². The third-order valence-electron chi connectivity index (χ3n) is 5.47. The second-order valence-corrected chi connectivity index (χ2v) is 5.93. The van der Waals surface area contributed by atoms with E-state index in [4.69, 9.17) is 0 Å². The Labute approximate surface area is 109 Å². The largest absolute Gasteiger partial charge is 0.508 e. The summed E-state index contributed by atoms with van der Waals surface area (Å²) < 4.78 is 0. The number of nitrogens with one attached hydrogen (secondary N) is 1.